The number of anilines is 2. The monoisotopic (exact) mass is 500 g/mol. The highest BCUT2D eigenvalue weighted by Crippen LogP contribution is 2.53. The van der Waals surface area contributed by atoms with Crippen LogP contribution in [0.15, 0.2) is 67.5 Å². The lowest BCUT2D eigenvalue weighted by atomic mass is 10.3. The van der Waals surface area contributed by atoms with Gasteiger partial charge in [-0.1, -0.05) is 31.9 Å². The molecule has 2 aromatic rings. The number of benzene rings is 2. The van der Waals surface area contributed by atoms with Crippen molar-refractivity contribution in [3.63, 3.8) is 0 Å². The first-order valence-corrected chi connectivity index (χ1v) is 12.3. The van der Waals surface area contributed by atoms with Gasteiger partial charge in [-0.05, 0) is 78.7 Å². The van der Waals surface area contributed by atoms with E-state index in [0.717, 1.165) is 35.8 Å². The molecule has 0 aromatic heterocycles. The van der Waals surface area contributed by atoms with Crippen LogP contribution in [0.5, 0.6) is 0 Å². The topological polar surface area (TPSA) is 48.8 Å². The van der Waals surface area contributed by atoms with E-state index < -0.39 is 0 Å². The predicted octanol–water partition coefficient (Wildman–Crippen LogP) is 6.13. The molecule has 24 heavy (non-hydrogen) atoms. The van der Waals surface area contributed by atoms with Crippen LogP contribution in [0.1, 0.15) is 0 Å². The molecule has 0 bridgehead atoms. The minimum Gasteiger partial charge on any atom is -0.334 e. The van der Waals surface area contributed by atoms with Gasteiger partial charge in [-0.3, -0.25) is 0 Å². The van der Waals surface area contributed by atoms with Crippen molar-refractivity contribution in [2.24, 2.45) is 9.98 Å². The van der Waals surface area contributed by atoms with Crippen molar-refractivity contribution in [3.05, 3.63) is 57.5 Å². The molecule has 4 rings (SSSR count). The first-order valence-electron chi connectivity index (χ1n) is 6.86. The fourth-order valence-corrected chi connectivity index (χ4v) is 7.77. The quantitative estimate of drug-likeness (QED) is 0.384. The number of halogens is 2. The first kappa shape index (κ1) is 16.7. The van der Waals surface area contributed by atoms with Gasteiger partial charge in [0.15, 0.2) is 10.3 Å². The SMILES string of the molecule is Brc1ccc(NC2=NC3=S(S2)SC(Nc2ccc(Br)cc2)=N3)cc1. The summed E-state index contributed by atoms with van der Waals surface area (Å²) < 4.78 is 2.12. The number of amidine groups is 2. The van der Waals surface area contributed by atoms with Gasteiger partial charge in [0.25, 0.3) is 0 Å². The number of nitrogens with one attached hydrogen (secondary N) is 2. The third kappa shape index (κ3) is 3.91. The second-order valence-electron chi connectivity index (χ2n) is 4.78. The number of hydrogen-bond acceptors (Lipinski definition) is 6. The molecule has 2 aliphatic rings. The highest BCUT2D eigenvalue weighted by atomic mass is 79.9. The van der Waals surface area contributed by atoms with Gasteiger partial charge in [-0.15, -0.1) is 0 Å². The summed E-state index contributed by atoms with van der Waals surface area (Å²) >= 11 is 6.88. The van der Waals surface area contributed by atoms with E-state index in [1.165, 1.54) is 0 Å². The Hall–Kier alpha value is -0.740. The van der Waals surface area contributed by atoms with Gasteiger partial charge in [0.1, 0.15) is 0 Å². The third-order valence-corrected chi connectivity index (χ3v) is 9.56. The van der Waals surface area contributed by atoms with E-state index in [-0.39, 0.29) is 8.55 Å². The second-order valence-corrected chi connectivity index (χ2v) is 12.2. The predicted molar refractivity (Wildman–Crippen MR) is 118 cm³/mol. The van der Waals surface area contributed by atoms with Gasteiger partial charge in [-0.25, -0.2) is 0 Å². The third-order valence-electron chi connectivity index (χ3n) is 3.04. The van der Waals surface area contributed by atoms with Crippen LogP contribution >= 0.6 is 62.0 Å². The Labute approximate surface area is 166 Å². The maximum absolute atomic E-state index is 4.60. The molecule has 2 aliphatic heterocycles. The van der Waals surface area contributed by atoms with E-state index in [0.29, 0.717) is 0 Å². The van der Waals surface area contributed by atoms with Crippen LogP contribution in [0.3, 0.4) is 0 Å². The zero-order valence-electron chi connectivity index (χ0n) is 12.0. The number of aliphatic imine (C=N–C) groups is 2. The number of hydrogen-bond donors (Lipinski definition) is 2. The average Bonchev–Trinajstić information content (AvgIpc) is 3.10. The zero-order valence-corrected chi connectivity index (χ0v) is 17.6. The highest BCUT2D eigenvalue weighted by molar-refractivity contribution is 9.21. The molecule has 2 N–H and O–H groups in total. The Bertz CT molecular complexity index is 805. The van der Waals surface area contributed by atoms with Crippen molar-refractivity contribution in [3.8, 4) is 0 Å². The molecular weight excluding hydrogens is 492 g/mol. The van der Waals surface area contributed by atoms with Crippen LogP contribution < -0.4 is 10.6 Å². The molecule has 0 aliphatic carbocycles. The molecule has 2 heterocycles. The smallest absolute Gasteiger partial charge is 0.203 e. The number of nitrogens with zero attached hydrogens (tertiary/aromatic N) is 2. The van der Waals surface area contributed by atoms with Crippen molar-refractivity contribution in [2.45, 2.75) is 0 Å². The largest absolute Gasteiger partial charge is 0.334 e. The summed E-state index contributed by atoms with van der Waals surface area (Å²) in [7, 11) is 3.35. The van der Waals surface area contributed by atoms with E-state index in [4.69, 9.17) is 0 Å². The van der Waals surface area contributed by atoms with Crippen molar-refractivity contribution < 1.29 is 0 Å². The standard InChI is InChI=1S/C15H10Br2N4S3/c16-9-1-5-11(6-2-9)18-13-20-15-21-14(23-24(15)22-13)19-12-7-3-10(17)4-8-12/h1-8H,(H,18,20)(H,19,21). The summed E-state index contributed by atoms with van der Waals surface area (Å²) in [6.07, 6.45) is 0. The first-order chi connectivity index (χ1) is 11.7. The molecule has 0 unspecified atom stereocenters. The number of rotatable bonds is 2. The normalized spacial score (nSPS) is 16.7. The minimum atomic E-state index is -0.0851. The molecule has 4 nitrogen and oxygen atoms in total. The Kier molecular flexibility index (Phi) is 5.05. The molecule has 0 saturated carbocycles. The molecule has 2 aromatic carbocycles. The highest BCUT2D eigenvalue weighted by Gasteiger charge is 2.26. The van der Waals surface area contributed by atoms with Gasteiger partial charge in [0.2, 0.25) is 5.11 Å². The van der Waals surface area contributed by atoms with Gasteiger partial charge in [0.05, 0.1) is 0 Å². The molecular formula is C15H10Br2N4S3. The van der Waals surface area contributed by atoms with Crippen molar-refractivity contribution >= 4 is 88.8 Å². The maximum atomic E-state index is 4.60. The van der Waals surface area contributed by atoms with Gasteiger partial charge < -0.3 is 10.6 Å². The Morgan fingerprint density at radius 1 is 0.708 bits per heavy atom. The fourth-order valence-electron chi connectivity index (χ4n) is 1.96. The van der Waals surface area contributed by atoms with Crippen molar-refractivity contribution in [1.82, 2.24) is 0 Å². The van der Waals surface area contributed by atoms with Gasteiger partial charge in [-0.2, -0.15) is 9.98 Å². The van der Waals surface area contributed by atoms with Crippen LogP contribution in [-0.2, 0) is 0 Å². The molecule has 0 atom stereocenters. The van der Waals surface area contributed by atoms with Crippen molar-refractivity contribution in [1.29, 1.82) is 0 Å². The molecule has 0 radical (unpaired) electrons. The second kappa shape index (κ2) is 7.25. The van der Waals surface area contributed by atoms with Crippen LogP contribution in [-0.4, -0.2) is 15.4 Å². The summed E-state index contributed by atoms with van der Waals surface area (Å²) in [5, 5.41) is 9.35. The zero-order chi connectivity index (χ0) is 16.5. The molecule has 0 spiro atoms. The van der Waals surface area contributed by atoms with Crippen LogP contribution in [0.4, 0.5) is 11.4 Å². The lowest BCUT2D eigenvalue weighted by molar-refractivity contribution is 1.56. The van der Waals surface area contributed by atoms with E-state index >= 15 is 0 Å². The fraction of sp³-hybridized carbons (Fsp3) is 0. The van der Waals surface area contributed by atoms with Crippen molar-refractivity contribution in [2.75, 3.05) is 10.6 Å². The Morgan fingerprint density at radius 3 is 1.50 bits per heavy atom. The summed E-state index contributed by atoms with van der Waals surface area (Å²) in [6.45, 7) is 0. The summed E-state index contributed by atoms with van der Waals surface area (Å²) in [6, 6.07) is 16.1. The molecule has 122 valence electrons. The Balaban J connectivity index is 1.41. The van der Waals surface area contributed by atoms with Crippen LogP contribution in [0, 0.1) is 0 Å². The van der Waals surface area contributed by atoms with E-state index in [1.54, 1.807) is 21.6 Å². The molecule has 0 saturated heterocycles. The van der Waals surface area contributed by atoms with Crippen LogP contribution in [0.25, 0.3) is 0 Å². The molecule has 9 heteroatoms. The van der Waals surface area contributed by atoms with Gasteiger partial charge >= 0.3 is 0 Å². The lowest BCUT2D eigenvalue weighted by Crippen LogP contribution is -2.08. The summed E-state index contributed by atoms with van der Waals surface area (Å²) in [4.78, 5) is 9.21. The Morgan fingerprint density at radius 2 is 1.12 bits per heavy atom. The summed E-state index contributed by atoms with van der Waals surface area (Å²) in [5.41, 5.74) is 2.05. The van der Waals surface area contributed by atoms with E-state index in [2.05, 4.69) is 52.5 Å². The minimum absolute atomic E-state index is 0.0851. The van der Waals surface area contributed by atoms with Gasteiger partial charge in [0, 0.05) is 20.3 Å². The molecule has 0 fully saturated rings. The average molecular weight is 502 g/mol. The van der Waals surface area contributed by atoms with E-state index in [1.807, 2.05) is 48.5 Å². The van der Waals surface area contributed by atoms with E-state index in [9.17, 15) is 0 Å². The maximum Gasteiger partial charge on any atom is 0.203 e. The lowest BCUT2D eigenvalue weighted by Gasteiger charge is -2.08. The summed E-state index contributed by atoms with van der Waals surface area (Å²) in [5.74, 6) is 0. The van der Waals surface area contributed by atoms with Crippen LogP contribution in [0.2, 0.25) is 0 Å². The molecule has 0 amide bonds.